The van der Waals surface area contributed by atoms with Crippen LogP contribution in [0, 0.1) is 6.92 Å². The van der Waals surface area contributed by atoms with Gasteiger partial charge >= 0.3 is 0 Å². The lowest BCUT2D eigenvalue weighted by Gasteiger charge is -2.16. The Morgan fingerprint density at radius 1 is 1.28 bits per heavy atom. The number of hydrogen-bond acceptors (Lipinski definition) is 5. The van der Waals surface area contributed by atoms with Crippen LogP contribution in [-0.4, -0.2) is 26.4 Å². The zero-order chi connectivity index (χ0) is 23.1. The molecule has 0 aliphatic rings. The van der Waals surface area contributed by atoms with E-state index in [2.05, 4.69) is 29.0 Å². The highest BCUT2D eigenvalue weighted by Crippen LogP contribution is 2.27. The van der Waals surface area contributed by atoms with E-state index in [-0.39, 0.29) is 17.8 Å². The minimum Gasteiger partial charge on any atom is -0.483 e. The van der Waals surface area contributed by atoms with Gasteiger partial charge < -0.3 is 10.1 Å². The summed E-state index contributed by atoms with van der Waals surface area (Å²) in [4.78, 5) is 12.4. The van der Waals surface area contributed by atoms with Gasteiger partial charge in [-0.2, -0.15) is 0 Å². The zero-order valence-electron chi connectivity index (χ0n) is 18.5. The van der Waals surface area contributed by atoms with Crippen molar-refractivity contribution in [2.45, 2.75) is 45.0 Å². The molecule has 1 atom stereocenters. The molecule has 3 aromatic rings. The summed E-state index contributed by atoms with van der Waals surface area (Å²) in [5.41, 5.74) is 2.95. The van der Waals surface area contributed by atoms with Crippen molar-refractivity contribution in [3.05, 3.63) is 77.1 Å². The van der Waals surface area contributed by atoms with Gasteiger partial charge in [-0.25, -0.2) is 0 Å². The zero-order valence-corrected chi connectivity index (χ0v) is 20.0. The van der Waals surface area contributed by atoms with E-state index in [1.165, 1.54) is 17.3 Å². The molecule has 2 aromatic carbocycles. The number of allylic oxidation sites excluding steroid dienone is 1. The molecule has 0 aliphatic carbocycles. The number of hydrogen-bond donors (Lipinski definition) is 1. The number of ether oxygens (including phenoxy) is 1. The fourth-order valence-electron chi connectivity index (χ4n) is 3.11. The second-order valence-electron chi connectivity index (χ2n) is 7.30. The van der Waals surface area contributed by atoms with Gasteiger partial charge in [-0.1, -0.05) is 48.5 Å². The highest BCUT2D eigenvalue weighted by molar-refractivity contribution is 7.99. The van der Waals surface area contributed by atoms with E-state index in [9.17, 15) is 4.79 Å². The second kappa shape index (κ2) is 11.2. The number of rotatable bonds is 10. The number of anilines is 1. The quantitative estimate of drug-likeness (QED) is 0.297. The number of carbonyl (C=O) groups excluding carboxylic acids is 1. The number of halogens is 1. The molecule has 3 rings (SSSR count). The van der Waals surface area contributed by atoms with Crippen LogP contribution in [0.5, 0.6) is 5.75 Å². The van der Waals surface area contributed by atoms with E-state index in [1.807, 2.05) is 60.9 Å². The number of benzene rings is 2. The largest absolute Gasteiger partial charge is 0.483 e. The molecule has 8 heteroatoms. The molecule has 0 saturated carbocycles. The maximum atomic E-state index is 12.4. The van der Waals surface area contributed by atoms with Crippen LogP contribution in [0.25, 0.3) is 0 Å². The monoisotopic (exact) mass is 470 g/mol. The Kier molecular flexibility index (Phi) is 8.36. The maximum Gasteiger partial charge on any atom is 0.234 e. The first-order chi connectivity index (χ1) is 15.4. The smallest absolute Gasteiger partial charge is 0.234 e. The minimum absolute atomic E-state index is 0.102. The van der Waals surface area contributed by atoms with Gasteiger partial charge in [0.25, 0.3) is 0 Å². The summed E-state index contributed by atoms with van der Waals surface area (Å²) in [6.45, 7) is 10.3. The number of aryl methyl sites for hydroxylation is 2. The van der Waals surface area contributed by atoms with Crippen molar-refractivity contribution < 1.29 is 9.53 Å². The molecule has 1 amide bonds. The van der Waals surface area contributed by atoms with Crippen molar-refractivity contribution in [2.24, 2.45) is 0 Å². The first-order valence-corrected chi connectivity index (χ1v) is 11.8. The van der Waals surface area contributed by atoms with Gasteiger partial charge in [-0.05, 0) is 61.7 Å². The van der Waals surface area contributed by atoms with Crippen LogP contribution < -0.4 is 10.1 Å². The standard InChI is InChI=1S/C24H27ClN4O2S/c1-5-13-29-23(17(4)31-20-11-12-21(25)16(3)14-20)27-28-24(29)32-15-22(30)26-19-9-7-18(6-2)8-10-19/h5,7-12,14,17H,1,6,13,15H2,2-4H3,(H,26,30). The summed E-state index contributed by atoms with van der Waals surface area (Å²) in [7, 11) is 0. The summed E-state index contributed by atoms with van der Waals surface area (Å²) in [6, 6.07) is 13.4. The number of aromatic nitrogens is 3. The van der Waals surface area contributed by atoms with E-state index in [0.717, 1.165) is 17.7 Å². The normalized spacial score (nSPS) is 11.8. The molecular weight excluding hydrogens is 444 g/mol. The summed E-state index contributed by atoms with van der Waals surface area (Å²) in [5.74, 6) is 1.48. The Bertz CT molecular complexity index is 1080. The van der Waals surface area contributed by atoms with Gasteiger partial charge in [0.05, 0.1) is 5.75 Å². The van der Waals surface area contributed by atoms with E-state index >= 15 is 0 Å². The number of nitrogens with zero attached hydrogens (tertiary/aromatic N) is 3. The average Bonchev–Trinajstić information content (AvgIpc) is 3.18. The lowest BCUT2D eigenvalue weighted by atomic mass is 10.1. The Hall–Kier alpha value is -2.77. The molecule has 0 bridgehead atoms. The van der Waals surface area contributed by atoms with E-state index in [1.54, 1.807) is 6.08 Å². The molecule has 0 saturated heterocycles. The molecule has 6 nitrogen and oxygen atoms in total. The third-order valence-corrected chi connectivity index (χ3v) is 6.23. The van der Waals surface area contributed by atoms with Gasteiger partial charge in [0.1, 0.15) is 5.75 Å². The highest BCUT2D eigenvalue weighted by atomic mass is 35.5. The van der Waals surface area contributed by atoms with Crippen LogP contribution in [0.1, 0.15) is 36.9 Å². The van der Waals surface area contributed by atoms with Crippen LogP contribution in [0.15, 0.2) is 60.3 Å². The first-order valence-electron chi connectivity index (χ1n) is 10.4. The molecule has 1 unspecified atom stereocenters. The third kappa shape index (κ3) is 6.14. The highest BCUT2D eigenvalue weighted by Gasteiger charge is 2.20. The number of amides is 1. The summed E-state index contributed by atoms with van der Waals surface area (Å²) < 4.78 is 7.97. The molecule has 0 radical (unpaired) electrons. The van der Waals surface area contributed by atoms with Gasteiger partial charge in [-0.3, -0.25) is 9.36 Å². The number of carbonyl (C=O) groups is 1. The van der Waals surface area contributed by atoms with Crippen molar-refractivity contribution in [3.8, 4) is 5.75 Å². The Labute approximate surface area is 198 Å². The van der Waals surface area contributed by atoms with Crippen molar-refractivity contribution >= 4 is 35.0 Å². The van der Waals surface area contributed by atoms with Crippen LogP contribution in [-0.2, 0) is 17.8 Å². The van der Waals surface area contributed by atoms with Crippen molar-refractivity contribution in [2.75, 3.05) is 11.1 Å². The van der Waals surface area contributed by atoms with Gasteiger partial charge in [0, 0.05) is 17.3 Å². The Balaban J connectivity index is 1.65. The molecule has 0 fully saturated rings. The fourth-order valence-corrected chi connectivity index (χ4v) is 3.98. The second-order valence-corrected chi connectivity index (χ2v) is 8.65. The average molecular weight is 471 g/mol. The predicted molar refractivity (Wildman–Crippen MR) is 131 cm³/mol. The topological polar surface area (TPSA) is 69.0 Å². The SMILES string of the molecule is C=CCn1c(SCC(=O)Nc2ccc(CC)cc2)nnc1C(C)Oc1ccc(Cl)c(C)c1. The van der Waals surface area contributed by atoms with Crippen LogP contribution in [0.2, 0.25) is 5.02 Å². The predicted octanol–water partition coefficient (Wildman–Crippen LogP) is 5.86. The molecule has 168 valence electrons. The van der Waals surface area contributed by atoms with E-state index in [4.69, 9.17) is 16.3 Å². The van der Waals surface area contributed by atoms with Crippen LogP contribution in [0.4, 0.5) is 5.69 Å². The summed E-state index contributed by atoms with van der Waals surface area (Å²) in [6.07, 6.45) is 2.39. The number of nitrogens with one attached hydrogen (secondary N) is 1. The summed E-state index contributed by atoms with van der Waals surface area (Å²) in [5, 5.41) is 12.8. The Morgan fingerprint density at radius 3 is 2.69 bits per heavy atom. The molecular formula is C24H27ClN4O2S. The van der Waals surface area contributed by atoms with Gasteiger partial charge in [0.2, 0.25) is 5.91 Å². The van der Waals surface area contributed by atoms with E-state index < -0.39 is 0 Å². The van der Waals surface area contributed by atoms with E-state index in [0.29, 0.717) is 28.3 Å². The van der Waals surface area contributed by atoms with Crippen molar-refractivity contribution in [1.29, 1.82) is 0 Å². The molecule has 1 heterocycles. The van der Waals surface area contributed by atoms with Gasteiger partial charge in [0.15, 0.2) is 17.1 Å². The van der Waals surface area contributed by atoms with Crippen LogP contribution in [0.3, 0.4) is 0 Å². The van der Waals surface area contributed by atoms with Crippen molar-refractivity contribution in [3.63, 3.8) is 0 Å². The molecule has 0 spiro atoms. The number of thioether (sulfide) groups is 1. The third-order valence-electron chi connectivity index (χ3n) is 4.84. The fraction of sp³-hybridized carbons (Fsp3) is 0.292. The first kappa shape index (κ1) is 23.9. The van der Waals surface area contributed by atoms with Crippen molar-refractivity contribution in [1.82, 2.24) is 14.8 Å². The van der Waals surface area contributed by atoms with Gasteiger partial charge in [-0.15, -0.1) is 16.8 Å². The lowest BCUT2D eigenvalue weighted by Crippen LogP contribution is -2.15. The molecule has 32 heavy (non-hydrogen) atoms. The van der Waals surface area contributed by atoms with Crippen LogP contribution >= 0.6 is 23.4 Å². The molecule has 0 aliphatic heterocycles. The molecule has 1 aromatic heterocycles. The lowest BCUT2D eigenvalue weighted by molar-refractivity contribution is -0.113. The maximum absolute atomic E-state index is 12.4. The molecule has 1 N–H and O–H groups in total. The minimum atomic E-state index is -0.344. The Morgan fingerprint density at radius 2 is 2.03 bits per heavy atom. The summed E-state index contributed by atoms with van der Waals surface area (Å²) >= 11 is 7.43.